The highest BCUT2D eigenvalue weighted by Crippen LogP contribution is 2.30. The summed E-state index contributed by atoms with van der Waals surface area (Å²) >= 11 is 0. The van der Waals surface area contributed by atoms with Crippen molar-refractivity contribution in [2.24, 2.45) is 0 Å². The van der Waals surface area contributed by atoms with Gasteiger partial charge < -0.3 is 5.73 Å². The Morgan fingerprint density at radius 1 is 0.800 bits per heavy atom. The molecule has 2 aromatic heterocycles. The molecule has 0 aliphatic heterocycles. The molecule has 166 valence electrons. The molecule has 35 heavy (non-hydrogen) atoms. The largest absolute Gasteiger partial charge is 0.382 e. The fraction of sp³-hybridized carbons (Fsp3) is 0. The molecule has 5 rings (SSSR count). The number of hydrogen-bond acceptors (Lipinski definition) is 5. The van der Waals surface area contributed by atoms with E-state index in [1.54, 1.807) is 10.8 Å². The van der Waals surface area contributed by atoms with Crippen molar-refractivity contribution in [2.45, 2.75) is 0 Å². The Hall–Kier alpha value is -5.40. The zero-order valence-corrected chi connectivity index (χ0v) is 18.6. The fourth-order valence-electron chi connectivity index (χ4n) is 3.83. The lowest BCUT2D eigenvalue weighted by atomic mass is 10.0. The van der Waals surface area contributed by atoms with Crippen LogP contribution in [0.25, 0.3) is 34.3 Å². The van der Waals surface area contributed by atoms with Gasteiger partial charge in [-0.25, -0.2) is 9.36 Å². The molecule has 0 aliphatic carbocycles. The molecule has 2 N–H and O–H groups in total. The van der Waals surface area contributed by atoms with Crippen LogP contribution in [0.1, 0.15) is 16.8 Å². The summed E-state index contributed by atoms with van der Waals surface area (Å²) in [6, 6.07) is 33.0. The summed E-state index contributed by atoms with van der Waals surface area (Å²) in [7, 11) is 0. The van der Waals surface area contributed by atoms with E-state index in [0.717, 1.165) is 11.3 Å². The minimum Gasteiger partial charge on any atom is -0.382 e. The number of allylic oxidation sites excluding steroid dienone is 1. The van der Waals surface area contributed by atoms with E-state index in [9.17, 15) is 10.5 Å². The van der Waals surface area contributed by atoms with Crippen molar-refractivity contribution in [3.8, 4) is 34.8 Å². The third-order valence-electron chi connectivity index (χ3n) is 5.52. The molecule has 0 radical (unpaired) electrons. The molecule has 2 heterocycles. The molecule has 0 bridgehead atoms. The molecule has 0 unspecified atom stereocenters. The molecule has 3 aromatic carbocycles. The topological polar surface area (TPSA) is 109 Å². The minimum atomic E-state index is 0.151. The van der Waals surface area contributed by atoms with E-state index in [-0.39, 0.29) is 22.6 Å². The monoisotopic (exact) mass is 453 g/mol. The van der Waals surface area contributed by atoms with Gasteiger partial charge in [-0.05, 0) is 30.3 Å². The van der Waals surface area contributed by atoms with Crippen LogP contribution in [0.2, 0.25) is 0 Å². The first kappa shape index (κ1) is 21.4. The first-order valence-corrected chi connectivity index (χ1v) is 10.9. The van der Waals surface area contributed by atoms with Gasteiger partial charge in [-0.15, -0.1) is 0 Å². The second kappa shape index (κ2) is 9.22. The lowest BCUT2D eigenvalue weighted by Gasteiger charge is -2.02. The number of anilines is 1. The number of nitrogen functional groups attached to an aromatic ring is 1. The third kappa shape index (κ3) is 4.06. The molecule has 0 saturated heterocycles. The lowest BCUT2D eigenvalue weighted by Crippen LogP contribution is -2.02. The van der Waals surface area contributed by atoms with Crippen molar-refractivity contribution in [1.82, 2.24) is 19.6 Å². The van der Waals surface area contributed by atoms with Gasteiger partial charge in [0.25, 0.3) is 0 Å². The first-order valence-electron chi connectivity index (χ1n) is 10.9. The van der Waals surface area contributed by atoms with Crippen molar-refractivity contribution in [2.75, 3.05) is 5.73 Å². The summed E-state index contributed by atoms with van der Waals surface area (Å²) in [5.41, 5.74) is 10.8. The highest BCUT2D eigenvalue weighted by molar-refractivity contribution is 5.93. The number of nitriles is 2. The summed E-state index contributed by atoms with van der Waals surface area (Å²) in [5, 5.41) is 29.2. The number of hydrogen-bond donors (Lipinski definition) is 1. The summed E-state index contributed by atoms with van der Waals surface area (Å²) in [5.74, 6) is 0.179. The standard InChI is InChI=1S/C28H19N7/c29-17-21(27-25(18-30)28(31)35(33-27)24-14-8-3-9-15-24)16-22-19-34(23-12-6-2-7-13-23)32-26(22)20-10-4-1-5-11-20/h1-16,19H,31H2/b21-16+. The van der Waals surface area contributed by atoms with Crippen LogP contribution in [0.5, 0.6) is 0 Å². The lowest BCUT2D eigenvalue weighted by molar-refractivity contribution is 0.884. The van der Waals surface area contributed by atoms with E-state index in [1.165, 1.54) is 4.68 Å². The molecule has 0 aliphatic rings. The molecule has 7 heteroatoms. The quantitative estimate of drug-likeness (QED) is 0.366. The normalized spacial score (nSPS) is 11.1. The predicted octanol–water partition coefficient (Wildman–Crippen LogP) is 5.24. The average Bonchev–Trinajstić information content (AvgIpc) is 3.49. The molecule has 5 aromatic rings. The van der Waals surface area contributed by atoms with Crippen molar-refractivity contribution in [3.63, 3.8) is 0 Å². The molecule has 0 amide bonds. The van der Waals surface area contributed by atoms with E-state index in [2.05, 4.69) is 17.2 Å². The van der Waals surface area contributed by atoms with E-state index in [4.69, 9.17) is 10.8 Å². The number of benzene rings is 3. The Balaban J connectivity index is 1.68. The van der Waals surface area contributed by atoms with E-state index in [0.29, 0.717) is 16.9 Å². The molecule has 0 fully saturated rings. The Morgan fingerprint density at radius 3 is 2.00 bits per heavy atom. The van der Waals surface area contributed by atoms with Crippen molar-refractivity contribution >= 4 is 17.5 Å². The van der Waals surface area contributed by atoms with Gasteiger partial charge in [-0.1, -0.05) is 66.7 Å². The van der Waals surface area contributed by atoms with Crippen molar-refractivity contribution < 1.29 is 0 Å². The van der Waals surface area contributed by atoms with Crippen LogP contribution in [0, 0.1) is 22.7 Å². The Labute approximate surface area is 202 Å². The van der Waals surface area contributed by atoms with Gasteiger partial charge in [0, 0.05) is 17.3 Å². The number of rotatable bonds is 5. The van der Waals surface area contributed by atoms with Gasteiger partial charge >= 0.3 is 0 Å². The molecular formula is C28H19N7. The number of nitrogens with two attached hydrogens (primary N) is 1. The van der Waals surface area contributed by atoms with E-state index < -0.39 is 0 Å². The maximum Gasteiger partial charge on any atom is 0.145 e. The van der Waals surface area contributed by atoms with Crippen molar-refractivity contribution in [1.29, 1.82) is 10.5 Å². The number of nitrogens with zero attached hydrogens (tertiary/aromatic N) is 6. The summed E-state index contributed by atoms with van der Waals surface area (Å²) in [4.78, 5) is 0. The molecule has 0 saturated carbocycles. The molecule has 7 nitrogen and oxygen atoms in total. The van der Waals surface area contributed by atoms with Crippen LogP contribution in [0.4, 0.5) is 5.82 Å². The predicted molar refractivity (Wildman–Crippen MR) is 135 cm³/mol. The van der Waals surface area contributed by atoms with Gasteiger partial charge in [-0.2, -0.15) is 20.7 Å². The smallest absolute Gasteiger partial charge is 0.145 e. The number of para-hydroxylation sites is 2. The van der Waals surface area contributed by atoms with Crippen LogP contribution in [0.15, 0.2) is 97.2 Å². The SMILES string of the molecule is N#C/C(=C\c1cn(-c2ccccc2)nc1-c1ccccc1)c1nn(-c2ccccc2)c(N)c1C#N. The fourth-order valence-corrected chi connectivity index (χ4v) is 3.83. The first-order chi connectivity index (χ1) is 17.2. The van der Waals surface area contributed by atoms with Crippen LogP contribution < -0.4 is 5.73 Å². The Kier molecular flexibility index (Phi) is 5.65. The molecular weight excluding hydrogens is 434 g/mol. The van der Waals surface area contributed by atoms with Gasteiger partial charge in [-0.3, -0.25) is 0 Å². The van der Waals surface area contributed by atoms with Crippen LogP contribution in [-0.2, 0) is 0 Å². The van der Waals surface area contributed by atoms with Gasteiger partial charge in [0.05, 0.1) is 22.6 Å². The Bertz CT molecular complexity index is 1600. The zero-order valence-electron chi connectivity index (χ0n) is 18.6. The maximum absolute atomic E-state index is 10.1. The van der Waals surface area contributed by atoms with Crippen LogP contribution in [-0.4, -0.2) is 19.6 Å². The van der Waals surface area contributed by atoms with Crippen LogP contribution in [0.3, 0.4) is 0 Å². The second-order valence-electron chi connectivity index (χ2n) is 7.72. The Morgan fingerprint density at radius 2 is 1.40 bits per heavy atom. The van der Waals surface area contributed by atoms with Gasteiger partial charge in [0.1, 0.15) is 29.2 Å². The average molecular weight is 454 g/mol. The van der Waals surface area contributed by atoms with Crippen molar-refractivity contribution in [3.05, 3.63) is 114 Å². The third-order valence-corrected chi connectivity index (χ3v) is 5.52. The second-order valence-corrected chi connectivity index (χ2v) is 7.72. The molecule has 0 atom stereocenters. The summed E-state index contributed by atoms with van der Waals surface area (Å²) < 4.78 is 3.25. The van der Waals surface area contributed by atoms with Crippen LogP contribution >= 0.6 is 0 Å². The van der Waals surface area contributed by atoms with Gasteiger partial charge in [0.2, 0.25) is 0 Å². The highest BCUT2D eigenvalue weighted by Gasteiger charge is 2.21. The summed E-state index contributed by atoms with van der Waals surface area (Å²) in [6.07, 6.45) is 3.56. The minimum absolute atomic E-state index is 0.151. The zero-order chi connectivity index (χ0) is 24.2. The maximum atomic E-state index is 10.1. The van der Waals surface area contributed by atoms with Gasteiger partial charge in [0.15, 0.2) is 0 Å². The number of aromatic nitrogens is 4. The summed E-state index contributed by atoms with van der Waals surface area (Å²) in [6.45, 7) is 0. The van der Waals surface area contributed by atoms with E-state index in [1.807, 2.05) is 97.2 Å². The van der Waals surface area contributed by atoms with E-state index >= 15 is 0 Å². The highest BCUT2D eigenvalue weighted by atomic mass is 15.3. The molecule has 0 spiro atoms.